The molecular formula is C20H24N2O4. The highest BCUT2D eigenvalue weighted by Crippen LogP contribution is 2.28. The van der Waals surface area contributed by atoms with Crippen LogP contribution in [0.3, 0.4) is 0 Å². The van der Waals surface area contributed by atoms with Gasteiger partial charge in [0.2, 0.25) is 0 Å². The Kier molecular flexibility index (Phi) is 5.97. The molecule has 2 aromatic carbocycles. The highest BCUT2D eigenvalue weighted by molar-refractivity contribution is 5.93. The number of amides is 1. The largest absolute Gasteiger partial charge is 0.484 e. The summed E-state index contributed by atoms with van der Waals surface area (Å²) < 4.78 is 5.51. The first-order valence-corrected chi connectivity index (χ1v) is 8.51. The molecule has 6 heteroatoms. The first-order valence-electron chi connectivity index (χ1n) is 8.51. The molecule has 138 valence electrons. The van der Waals surface area contributed by atoms with E-state index in [2.05, 4.69) is 26.1 Å². The van der Waals surface area contributed by atoms with E-state index in [4.69, 9.17) is 4.74 Å². The van der Waals surface area contributed by atoms with Gasteiger partial charge in [-0.05, 0) is 42.0 Å². The second-order valence-corrected chi connectivity index (χ2v) is 6.85. The number of rotatable bonds is 7. The van der Waals surface area contributed by atoms with Crippen molar-refractivity contribution < 1.29 is 14.5 Å². The van der Waals surface area contributed by atoms with Gasteiger partial charge < -0.3 is 10.1 Å². The fourth-order valence-electron chi connectivity index (χ4n) is 2.40. The van der Waals surface area contributed by atoms with Crippen LogP contribution in [0.1, 0.15) is 38.3 Å². The van der Waals surface area contributed by atoms with Gasteiger partial charge >= 0.3 is 0 Å². The smallest absolute Gasteiger partial charge is 0.271 e. The molecule has 2 aromatic rings. The molecule has 0 aliphatic carbocycles. The fourth-order valence-corrected chi connectivity index (χ4v) is 2.40. The zero-order valence-corrected chi connectivity index (χ0v) is 15.5. The third-order valence-electron chi connectivity index (χ3n) is 4.60. The molecule has 26 heavy (non-hydrogen) atoms. The summed E-state index contributed by atoms with van der Waals surface area (Å²) >= 11 is 0. The summed E-state index contributed by atoms with van der Waals surface area (Å²) in [5, 5.41) is 13.5. The molecule has 0 heterocycles. The molecule has 0 saturated heterocycles. The fraction of sp³-hybridized carbons (Fsp3) is 0.350. The minimum absolute atomic E-state index is 0.0686. The van der Waals surface area contributed by atoms with Crippen molar-refractivity contribution in [3.8, 4) is 5.75 Å². The maximum Gasteiger partial charge on any atom is 0.271 e. The van der Waals surface area contributed by atoms with E-state index in [9.17, 15) is 14.9 Å². The number of hydrogen-bond acceptors (Lipinski definition) is 4. The number of nitrogens with zero attached hydrogens (tertiary/aromatic N) is 1. The van der Waals surface area contributed by atoms with Gasteiger partial charge in [0.1, 0.15) is 5.75 Å². The van der Waals surface area contributed by atoms with Crippen LogP contribution in [0.15, 0.2) is 42.5 Å². The SMILES string of the molecule is CCC(C)(C)c1ccc(OCC(=O)Nc2cc([N+](=O)[O-])ccc2C)cc1. The average Bonchev–Trinajstić information content (AvgIpc) is 2.62. The minimum atomic E-state index is -0.495. The van der Waals surface area contributed by atoms with Crippen molar-refractivity contribution in [3.63, 3.8) is 0 Å². The quantitative estimate of drug-likeness (QED) is 0.580. The van der Waals surface area contributed by atoms with Crippen LogP contribution in [0.25, 0.3) is 0 Å². The van der Waals surface area contributed by atoms with Crippen molar-refractivity contribution in [2.24, 2.45) is 0 Å². The van der Waals surface area contributed by atoms with Gasteiger partial charge in [0.25, 0.3) is 11.6 Å². The summed E-state index contributed by atoms with van der Waals surface area (Å²) in [6.07, 6.45) is 1.03. The summed E-state index contributed by atoms with van der Waals surface area (Å²) in [5.74, 6) is 0.234. The first kappa shape index (κ1) is 19.4. The van der Waals surface area contributed by atoms with E-state index < -0.39 is 4.92 Å². The molecule has 0 unspecified atom stereocenters. The molecule has 6 nitrogen and oxygen atoms in total. The van der Waals surface area contributed by atoms with Gasteiger partial charge in [0.05, 0.1) is 10.6 Å². The number of aryl methyl sites for hydroxylation is 1. The molecule has 0 saturated carbocycles. The molecule has 1 amide bonds. The molecule has 0 bridgehead atoms. The lowest BCUT2D eigenvalue weighted by atomic mass is 9.82. The van der Waals surface area contributed by atoms with Crippen molar-refractivity contribution in [2.75, 3.05) is 11.9 Å². The molecule has 2 rings (SSSR count). The lowest BCUT2D eigenvalue weighted by molar-refractivity contribution is -0.384. The molecule has 1 N–H and O–H groups in total. The lowest BCUT2D eigenvalue weighted by Gasteiger charge is -2.23. The Hall–Kier alpha value is -2.89. The van der Waals surface area contributed by atoms with Crippen LogP contribution in [-0.2, 0) is 10.2 Å². The van der Waals surface area contributed by atoms with Crippen molar-refractivity contribution >= 4 is 17.3 Å². The Balaban J connectivity index is 1.97. The van der Waals surface area contributed by atoms with Gasteiger partial charge in [-0.2, -0.15) is 0 Å². The molecule has 0 atom stereocenters. The molecule has 0 aromatic heterocycles. The normalized spacial score (nSPS) is 11.1. The summed E-state index contributed by atoms with van der Waals surface area (Å²) in [6, 6.07) is 12.0. The number of nitro groups is 1. The number of ether oxygens (including phenoxy) is 1. The van der Waals surface area contributed by atoms with Gasteiger partial charge in [0.15, 0.2) is 6.61 Å². The van der Waals surface area contributed by atoms with Crippen LogP contribution < -0.4 is 10.1 Å². The van der Waals surface area contributed by atoms with E-state index in [-0.39, 0.29) is 23.6 Å². The van der Waals surface area contributed by atoms with Crippen LogP contribution >= 0.6 is 0 Å². The number of nitro benzene ring substituents is 1. The average molecular weight is 356 g/mol. The van der Waals surface area contributed by atoms with E-state index in [1.807, 2.05) is 24.3 Å². The Bertz CT molecular complexity index is 798. The third kappa shape index (κ3) is 4.81. The van der Waals surface area contributed by atoms with E-state index in [0.717, 1.165) is 12.0 Å². The maximum absolute atomic E-state index is 12.1. The van der Waals surface area contributed by atoms with Crippen molar-refractivity contribution in [3.05, 3.63) is 63.7 Å². The highest BCUT2D eigenvalue weighted by atomic mass is 16.6. The molecule has 0 radical (unpaired) electrons. The number of anilines is 1. The van der Waals surface area contributed by atoms with E-state index in [0.29, 0.717) is 11.4 Å². The Morgan fingerprint density at radius 2 is 1.85 bits per heavy atom. The van der Waals surface area contributed by atoms with Crippen molar-refractivity contribution in [2.45, 2.75) is 39.5 Å². The molecule has 0 fully saturated rings. The third-order valence-corrected chi connectivity index (χ3v) is 4.60. The van der Waals surface area contributed by atoms with Gasteiger partial charge in [0, 0.05) is 12.1 Å². The number of carbonyl (C=O) groups excluding carboxylic acids is 1. The Morgan fingerprint density at radius 1 is 1.19 bits per heavy atom. The molecule has 0 aliphatic rings. The number of hydrogen-bond donors (Lipinski definition) is 1. The van der Waals surface area contributed by atoms with E-state index in [1.54, 1.807) is 13.0 Å². The van der Waals surface area contributed by atoms with Crippen LogP contribution in [0.2, 0.25) is 0 Å². The molecule has 0 spiro atoms. The van der Waals surface area contributed by atoms with Gasteiger partial charge in [-0.3, -0.25) is 14.9 Å². The zero-order chi connectivity index (χ0) is 19.3. The summed E-state index contributed by atoms with van der Waals surface area (Å²) in [7, 11) is 0. The lowest BCUT2D eigenvalue weighted by Crippen LogP contribution is -2.21. The number of nitrogens with one attached hydrogen (secondary N) is 1. The van der Waals surface area contributed by atoms with Gasteiger partial charge in [-0.25, -0.2) is 0 Å². The van der Waals surface area contributed by atoms with Crippen LogP contribution in [-0.4, -0.2) is 17.4 Å². The molecular weight excluding hydrogens is 332 g/mol. The Morgan fingerprint density at radius 3 is 2.42 bits per heavy atom. The first-order chi connectivity index (χ1) is 12.2. The van der Waals surface area contributed by atoms with Crippen LogP contribution in [0.4, 0.5) is 11.4 Å². The van der Waals surface area contributed by atoms with Crippen molar-refractivity contribution in [1.29, 1.82) is 0 Å². The highest BCUT2D eigenvalue weighted by Gasteiger charge is 2.17. The van der Waals surface area contributed by atoms with Crippen LogP contribution in [0, 0.1) is 17.0 Å². The van der Waals surface area contributed by atoms with E-state index in [1.165, 1.54) is 17.7 Å². The minimum Gasteiger partial charge on any atom is -0.484 e. The second-order valence-electron chi connectivity index (χ2n) is 6.85. The predicted molar refractivity (Wildman–Crippen MR) is 102 cm³/mol. The summed E-state index contributed by atoms with van der Waals surface area (Å²) in [4.78, 5) is 22.4. The topological polar surface area (TPSA) is 81.5 Å². The molecule has 0 aliphatic heterocycles. The number of benzene rings is 2. The maximum atomic E-state index is 12.1. The zero-order valence-electron chi connectivity index (χ0n) is 15.5. The summed E-state index contributed by atoms with van der Waals surface area (Å²) in [6.45, 7) is 8.10. The number of non-ortho nitro benzene ring substituents is 1. The Labute approximate surface area is 153 Å². The summed E-state index contributed by atoms with van der Waals surface area (Å²) in [5.41, 5.74) is 2.39. The monoisotopic (exact) mass is 356 g/mol. The standard InChI is InChI=1S/C20H24N2O4/c1-5-20(3,4)15-7-10-17(11-8-15)26-13-19(23)21-18-12-16(22(24)25)9-6-14(18)2/h6-12H,5,13H2,1-4H3,(H,21,23). The van der Waals surface area contributed by atoms with Crippen molar-refractivity contribution in [1.82, 2.24) is 0 Å². The number of carbonyl (C=O) groups is 1. The van der Waals surface area contributed by atoms with Gasteiger partial charge in [-0.15, -0.1) is 0 Å². The van der Waals surface area contributed by atoms with Gasteiger partial charge in [-0.1, -0.05) is 39.0 Å². The second kappa shape index (κ2) is 7.99. The van der Waals surface area contributed by atoms with E-state index >= 15 is 0 Å². The predicted octanol–water partition coefficient (Wildman–Crippen LogP) is 4.61. The van der Waals surface area contributed by atoms with Crippen LogP contribution in [0.5, 0.6) is 5.75 Å².